The number of nitrogens with zero attached hydrogens (tertiary/aromatic N) is 1. The Hall–Kier alpha value is -1.55. The van der Waals surface area contributed by atoms with Crippen LogP contribution in [0.5, 0.6) is 0 Å². The number of hydrogen-bond acceptors (Lipinski definition) is 2. The minimum Gasteiger partial charge on any atom is -0.481 e. The maximum atomic E-state index is 12.3. The van der Waals surface area contributed by atoms with Crippen molar-refractivity contribution in [2.75, 3.05) is 13.1 Å². The molecule has 4 nitrogen and oxygen atoms in total. The van der Waals surface area contributed by atoms with Gasteiger partial charge in [-0.25, -0.2) is 0 Å². The maximum Gasteiger partial charge on any atom is 0.303 e. The molecule has 1 atom stereocenters. The Balaban J connectivity index is 2.04. The van der Waals surface area contributed by atoms with Gasteiger partial charge in [0.1, 0.15) is 0 Å². The first-order chi connectivity index (χ1) is 8.97. The van der Waals surface area contributed by atoms with Crippen molar-refractivity contribution in [1.82, 2.24) is 4.90 Å². The summed E-state index contributed by atoms with van der Waals surface area (Å²) in [4.78, 5) is 24.7. The zero-order valence-corrected chi connectivity index (χ0v) is 11.5. The Labute approximate surface area is 117 Å². The summed E-state index contributed by atoms with van der Waals surface area (Å²) >= 11 is 5.94. The highest BCUT2D eigenvalue weighted by molar-refractivity contribution is 6.31. The van der Waals surface area contributed by atoms with E-state index in [-0.39, 0.29) is 18.2 Å². The standard InChI is InChI=1S/C14H16ClNO3/c1-9-6-11(2-3-12(9)15)14(19)16-5-4-10(8-16)7-13(17)18/h2-3,6,10H,4-5,7-8H2,1H3,(H,17,18). The topological polar surface area (TPSA) is 57.6 Å². The van der Waals surface area contributed by atoms with E-state index in [2.05, 4.69) is 0 Å². The molecule has 1 amide bonds. The molecular formula is C14H16ClNO3. The number of carbonyl (C=O) groups is 2. The average Bonchev–Trinajstić information content (AvgIpc) is 2.79. The molecule has 1 saturated heterocycles. The van der Waals surface area contributed by atoms with Crippen LogP contribution in [0, 0.1) is 12.8 Å². The number of carboxylic acid groups (broad SMARTS) is 1. The number of aliphatic carboxylic acids is 1. The summed E-state index contributed by atoms with van der Waals surface area (Å²) in [5.74, 6) is -0.788. The van der Waals surface area contributed by atoms with Crippen molar-refractivity contribution in [3.8, 4) is 0 Å². The van der Waals surface area contributed by atoms with Crippen LogP contribution in [0.3, 0.4) is 0 Å². The van der Waals surface area contributed by atoms with Gasteiger partial charge in [-0.2, -0.15) is 0 Å². The average molecular weight is 282 g/mol. The Kier molecular flexibility index (Phi) is 4.10. The first kappa shape index (κ1) is 13.9. The van der Waals surface area contributed by atoms with Crippen molar-refractivity contribution < 1.29 is 14.7 Å². The molecule has 1 heterocycles. The van der Waals surface area contributed by atoms with Gasteiger partial charge < -0.3 is 10.0 Å². The number of amides is 1. The van der Waals surface area contributed by atoms with Crippen molar-refractivity contribution in [3.05, 3.63) is 34.3 Å². The lowest BCUT2D eigenvalue weighted by Crippen LogP contribution is -2.29. The minimum absolute atomic E-state index is 0.0485. The van der Waals surface area contributed by atoms with Crippen LogP contribution in [-0.2, 0) is 4.79 Å². The normalized spacial score (nSPS) is 18.6. The van der Waals surface area contributed by atoms with Crippen LogP contribution in [-0.4, -0.2) is 35.0 Å². The molecule has 2 rings (SSSR count). The van der Waals surface area contributed by atoms with E-state index in [1.165, 1.54) is 0 Å². The van der Waals surface area contributed by atoms with Crippen LogP contribution in [0.15, 0.2) is 18.2 Å². The third-order valence-corrected chi connectivity index (χ3v) is 3.87. The molecule has 1 aliphatic heterocycles. The largest absolute Gasteiger partial charge is 0.481 e. The molecule has 102 valence electrons. The molecule has 1 N–H and O–H groups in total. The summed E-state index contributed by atoms with van der Waals surface area (Å²) in [5.41, 5.74) is 1.48. The summed E-state index contributed by atoms with van der Waals surface area (Å²) in [7, 11) is 0. The Bertz CT molecular complexity index is 515. The molecule has 1 aliphatic rings. The lowest BCUT2D eigenvalue weighted by atomic mass is 10.1. The molecule has 0 aromatic heterocycles. The summed E-state index contributed by atoms with van der Waals surface area (Å²) in [6, 6.07) is 5.20. The minimum atomic E-state index is -0.804. The lowest BCUT2D eigenvalue weighted by molar-refractivity contribution is -0.138. The van der Waals surface area contributed by atoms with Crippen LogP contribution in [0.25, 0.3) is 0 Å². The van der Waals surface area contributed by atoms with Crippen molar-refractivity contribution in [3.63, 3.8) is 0 Å². The highest BCUT2D eigenvalue weighted by Crippen LogP contribution is 2.23. The fraction of sp³-hybridized carbons (Fsp3) is 0.429. The summed E-state index contributed by atoms with van der Waals surface area (Å²) in [5, 5.41) is 9.41. The van der Waals surface area contributed by atoms with E-state index in [0.717, 1.165) is 12.0 Å². The lowest BCUT2D eigenvalue weighted by Gasteiger charge is -2.16. The van der Waals surface area contributed by atoms with E-state index in [0.29, 0.717) is 23.7 Å². The number of aryl methyl sites for hydroxylation is 1. The monoisotopic (exact) mass is 281 g/mol. The number of hydrogen-bond donors (Lipinski definition) is 1. The molecule has 0 bridgehead atoms. The third-order valence-electron chi connectivity index (χ3n) is 3.44. The third kappa shape index (κ3) is 3.26. The predicted octanol–water partition coefficient (Wildman–Crippen LogP) is 2.59. The molecule has 19 heavy (non-hydrogen) atoms. The second-order valence-corrected chi connectivity index (χ2v) is 5.37. The molecule has 0 saturated carbocycles. The van der Waals surface area contributed by atoms with E-state index in [1.54, 1.807) is 23.1 Å². The van der Waals surface area contributed by atoms with Crippen LogP contribution in [0.2, 0.25) is 5.02 Å². The highest BCUT2D eigenvalue weighted by atomic mass is 35.5. The van der Waals surface area contributed by atoms with Crippen LogP contribution in [0.1, 0.15) is 28.8 Å². The first-order valence-electron chi connectivity index (χ1n) is 6.24. The second-order valence-electron chi connectivity index (χ2n) is 4.97. The van der Waals surface area contributed by atoms with Crippen LogP contribution in [0.4, 0.5) is 0 Å². The van der Waals surface area contributed by atoms with E-state index in [1.807, 2.05) is 6.92 Å². The Morgan fingerprint density at radius 3 is 2.84 bits per heavy atom. The molecule has 1 aromatic rings. The van der Waals surface area contributed by atoms with Crippen molar-refractivity contribution in [2.45, 2.75) is 19.8 Å². The summed E-state index contributed by atoms with van der Waals surface area (Å²) < 4.78 is 0. The molecular weight excluding hydrogens is 266 g/mol. The van der Waals surface area contributed by atoms with Gasteiger partial charge in [0.05, 0.1) is 0 Å². The molecule has 0 radical (unpaired) electrons. The van der Waals surface area contributed by atoms with E-state index in [4.69, 9.17) is 16.7 Å². The van der Waals surface area contributed by atoms with Gasteiger partial charge in [0.2, 0.25) is 0 Å². The fourth-order valence-corrected chi connectivity index (χ4v) is 2.51. The van der Waals surface area contributed by atoms with Gasteiger partial charge in [-0.3, -0.25) is 9.59 Å². The van der Waals surface area contributed by atoms with Gasteiger partial charge in [0, 0.05) is 30.1 Å². The van der Waals surface area contributed by atoms with Gasteiger partial charge >= 0.3 is 5.97 Å². The molecule has 1 aromatic carbocycles. The predicted molar refractivity (Wildman–Crippen MR) is 72.5 cm³/mol. The van der Waals surface area contributed by atoms with Gasteiger partial charge in [-0.05, 0) is 43.0 Å². The summed E-state index contributed by atoms with van der Waals surface area (Å²) in [6.45, 7) is 3.00. The SMILES string of the molecule is Cc1cc(C(=O)N2CCC(CC(=O)O)C2)ccc1Cl. The Morgan fingerprint density at radius 1 is 1.47 bits per heavy atom. The molecule has 5 heteroatoms. The van der Waals surface area contributed by atoms with E-state index in [9.17, 15) is 9.59 Å². The van der Waals surface area contributed by atoms with Crippen molar-refractivity contribution >= 4 is 23.5 Å². The van der Waals surface area contributed by atoms with E-state index < -0.39 is 5.97 Å². The zero-order valence-electron chi connectivity index (χ0n) is 10.7. The maximum absolute atomic E-state index is 12.3. The second kappa shape index (κ2) is 5.61. The summed E-state index contributed by atoms with van der Waals surface area (Å²) in [6.07, 6.45) is 0.883. The van der Waals surface area contributed by atoms with Gasteiger partial charge in [0.15, 0.2) is 0 Å². The van der Waals surface area contributed by atoms with Crippen molar-refractivity contribution in [2.24, 2.45) is 5.92 Å². The Morgan fingerprint density at radius 2 is 2.21 bits per heavy atom. The first-order valence-corrected chi connectivity index (χ1v) is 6.62. The van der Waals surface area contributed by atoms with Crippen molar-refractivity contribution in [1.29, 1.82) is 0 Å². The number of rotatable bonds is 3. The smallest absolute Gasteiger partial charge is 0.303 e. The molecule has 1 unspecified atom stereocenters. The quantitative estimate of drug-likeness (QED) is 0.926. The molecule has 0 aliphatic carbocycles. The van der Waals surface area contributed by atoms with E-state index >= 15 is 0 Å². The number of likely N-dealkylation sites (tertiary alicyclic amines) is 1. The number of carbonyl (C=O) groups excluding carboxylic acids is 1. The van der Waals surface area contributed by atoms with Gasteiger partial charge in [0.25, 0.3) is 5.91 Å². The van der Waals surface area contributed by atoms with Crippen LogP contribution < -0.4 is 0 Å². The number of halogens is 1. The number of benzene rings is 1. The molecule has 1 fully saturated rings. The van der Waals surface area contributed by atoms with Crippen LogP contribution >= 0.6 is 11.6 Å². The zero-order chi connectivity index (χ0) is 14.0. The highest BCUT2D eigenvalue weighted by Gasteiger charge is 2.28. The van der Waals surface area contributed by atoms with Gasteiger partial charge in [-0.15, -0.1) is 0 Å². The number of carboxylic acids is 1. The fourth-order valence-electron chi connectivity index (χ4n) is 2.39. The van der Waals surface area contributed by atoms with Gasteiger partial charge in [-0.1, -0.05) is 11.6 Å². The molecule has 0 spiro atoms.